The number of hydrogen-bond donors (Lipinski definition) is 1. The molecule has 1 aromatic rings. The number of anilines is 1. The van der Waals surface area contributed by atoms with Crippen molar-refractivity contribution in [1.29, 1.82) is 0 Å². The molecule has 1 atom stereocenters. The van der Waals surface area contributed by atoms with Gasteiger partial charge in [0.15, 0.2) is 0 Å². The van der Waals surface area contributed by atoms with Crippen molar-refractivity contribution in [3.05, 3.63) is 28.2 Å². The molecule has 0 radical (unpaired) electrons. The first-order valence-corrected chi connectivity index (χ1v) is 10.3. The maximum atomic E-state index is 12.0. The number of nitrogens with zero attached hydrogens (tertiary/aromatic N) is 1. The Balaban J connectivity index is 2.72. The Morgan fingerprint density at radius 3 is 2.33 bits per heavy atom. The summed E-state index contributed by atoms with van der Waals surface area (Å²) in [6.07, 6.45) is 1.78. The van der Waals surface area contributed by atoms with Gasteiger partial charge in [0.2, 0.25) is 15.9 Å². The number of rotatable bonds is 8. The Bertz CT molecular complexity index is 678. The molecule has 0 aliphatic carbocycles. The lowest BCUT2D eigenvalue weighted by molar-refractivity contribution is -0.122. The standard InChI is InChI=1S/C16H24Cl2N2O3S/c1-11(2)12(3)19-16(21)6-5-9-20(24(4,22)23)13-7-8-14(17)15(18)10-13/h7-8,10-12H,5-6,9H2,1-4H3,(H,19,21)/t12-/m1/s1. The predicted octanol–water partition coefficient (Wildman–Crippen LogP) is 3.70. The van der Waals surface area contributed by atoms with Gasteiger partial charge < -0.3 is 5.32 Å². The summed E-state index contributed by atoms with van der Waals surface area (Å²) in [5.41, 5.74) is 0.433. The predicted molar refractivity (Wildman–Crippen MR) is 100 cm³/mol. The van der Waals surface area contributed by atoms with Gasteiger partial charge in [-0.1, -0.05) is 37.0 Å². The number of carbonyl (C=O) groups is 1. The van der Waals surface area contributed by atoms with Gasteiger partial charge >= 0.3 is 0 Å². The zero-order chi connectivity index (χ0) is 18.5. The molecule has 5 nitrogen and oxygen atoms in total. The second kappa shape index (κ2) is 8.92. The van der Waals surface area contributed by atoms with E-state index in [1.807, 2.05) is 20.8 Å². The summed E-state index contributed by atoms with van der Waals surface area (Å²) in [6, 6.07) is 4.73. The molecule has 0 heterocycles. The Kier molecular flexibility index (Phi) is 7.83. The fraction of sp³-hybridized carbons (Fsp3) is 0.562. The van der Waals surface area contributed by atoms with Gasteiger partial charge in [0, 0.05) is 19.0 Å². The lowest BCUT2D eigenvalue weighted by Crippen LogP contribution is -2.37. The molecule has 24 heavy (non-hydrogen) atoms. The van der Waals surface area contributed by atoms with E-state index >= 15 is 0 Å². The van der Waals surface area contributed by atoms with E-state index in [4.69, 9.17) is 23.2 Å². The Hall–Kier alpha value is -0.980. The largest absolute Gasteiger partial charge is 0.353 e. The van der Waals surface area contributed by atoms with Crippen molar-refractivity contribution in [3.63, 3.8) is 0 Å². The highest BCUT2D eigenvalue weighted by atomic mass is 35.5. The first kappa shape index (κ1) is 21.1. The summed E-state index contributed by atoms with van der Waals surface area (Å²) in [7, 11) is -3.48. The number of nitrogens with one attached hydrogen (secondary N) is 1. The smallest absolute Gasteiger partial charge is 0.232 e. The minimum Gasteiger partial charge on any atom is -0.353 e. The first-order chi connectivity index (χ1) is 11.0. The summed E-state index contributed by atoms with van der Waals surface area (Å²) in [6.45, 7) is 6.20. The normalized spacial score (nSPS) is 13.0. The van der Waals surface area contributed by atoms with E-state index in [0.29, 0.717) is 23.0 Å². The third-order valence-corrected chi connectivity index (χ3v) is 5.68. The van der Waals surface area contributed by atoms with Crippen LogP contribution in [0.3, 0.4) is 0 Å². The second-order valence-electron chi connectivity index (χ2n) is 6.14. The van der Waals surface area contributed by atoms with Crippen molar-refractivity contribution < 1.29 is 13.2 Å². The molecule has 0 unspecified atom stereocenters. The van der Waals surface area contributed by atoms with Gasteiger partial charge in [-0.2, -0.15) is 0 Å². The minimum absolute atomic E-state index is 0.0820. The minimum atomic E-state index is -3.48. The summed E-state index contributed by atoms with van der Waals surface area (Å²) in [5, 5.41) is 3.54. The van der Waals surface area contributed by atoms with Gasteiger partial charge in [-0.15, -0.1) is 0 Å². The van der Waals surface area contributed by atoms with Crippen molar-refractivity contribution in [2.45, 2.75) is 39.7 Å². The van der Waals surface area contributed by atoms with Crippen LogP contribution >= 0.6 is 23.2 Å². The SMILES string of the molecule is CC(C)[C@@H](C)NC(=O)CCCN(c1ccc(Cl)c(Cl)c1)S(C)(=O)=O. The molecular weight excluding hydrogens is 371 g/mol. The first-order valence-electron chi connectivity index (χ1n) is 7.74. The number of amides is 1. The summed E-state index contributed by atoms with van der Waals surface area (Å²) >= 11 is 11.8. The van der Waals surface area contributed by atoms with Gasteiger partial charge in [0.25, 0.3) is 0 Å². The third-order valence-electron chi connectivity index (χ3n) is 3.75. The Morgan fingerprint density at radius 1 is 1.21 bits per heavy atom. The number of halogens is 2. The molecule has 1 rings (SSSR count). The van der Waals surface area contributed by atoms with Gasteiger partial charge in [-0.25, -0.2) is 8.42 Å². The van der Waals surface area contributed by atoms with E-state index < -0.39 is 10.0 Å². The lowest BCUT2D eigenvalue weighted by Gasteiger charge is -2.23. The van der Waals surface area contributed by atoms with Gasteiger partial charge in [-0.3, -0.25) is 9.10 Å². The molecule has 0 saturated carbocycles. The number of carbonyl (C=O) groups excluding carboxylic acids is 1. The topological polar surface area (TPSA) is 66.5 Å². The van der Waals surface area contributed by atoms with Crippen LogP contribution in [0.1, 0.15) is 33.6 Å². The molecule has 1 N–H and O–H groups in total. The van der Waals surface area contributed by atoms with Crippen LogP contribution in [-0.2, 0) is 14.8 Å². The van der Waals surface area contributed by atoms with E-state index in [-0.39, 0.29) is 29.9 Å². The number of benzene rings is 1. The van der Waals surface area contributed by atoms with Crippen LogP contribution in [-0.4, -0.2) is 33.2 Å². The molecule has 0 aromatic heterocycles. The van der Waals surface area contributed by atoms with Crippen molar-refractivity contribution in [1.82, 2.24) is 5.32 Å². The van der Waals surface area contributed by atoms with Crippen LogP contribution < -0.4 is 9.62 Å². The van der Waals surface area contributed by atoms with Gasteiger partial charge in [0.05, 0.1) is 22.0 Å². The van der Waals surface area contributed by atoms with Crippen LogP contribution in [0.2, 0.25) is 10.0 Å². The van der Waals surface area contributed by atoms with E-state index in [1.165, 1.54) is 10.4 Å². The fourth-order valence-corrected chi connectivity index (χ4v) is 3.25. The zero-order valence-electron chi connectivity index (χ0n) is 14.3. The molecular formula is C16H24Cl2N2O3S. The van der Waals surface area contributed by atoms with E-state index in [9.17, 15) is 13.2 Å². The van der Waals surface area contributed by atoms with Crippen LogP contribution in [0.15, 0.2) is 18.2 Å². The van der Waals surface area contributed by atoms with Crippen LogP contribution in [0.5, 0.6) is 0 Å². The molecule has 0 spiro atoms. The molecule has 0 aliphatic rings. The van der Waals surface area contributed by atoms with E-state index in [2.05, 4.69) is 5.32 Å². The van der Waals surface area contributed by atoms with Crippen molar-refractivity contribution in [2.24, 2.45) is 5.92 Å². The van der Waals surface area contributed by atoms with Crippen molar-refractivity contribution in [3.8, 4) is 0 Å². The third kappa shape index (κ3) is 6.49. The molecule has 0 saturated heterocycles. The highest BCUT2D eigenvalue weighted by Gasteiger charge is 2.19. The lowest BCUT2D eigenvalue weighted by atomic mass is 10.1. The fourth-order valence-electron chi connectivity index (χ4n) is 2.00. The maximum Gasteiger partial charge on any atom is 0.232 e. The van der Waals surface area contributed by atoms with E-state index in [0.717, 1.165) is 6.26 Å². The highest BCUT2D eigenvalue weighted by molar-refractivity contribution is 7.92. The Morgan fingerprint density at radius 2 is 1.83 bits per heavy atom. The summed E-state index contributed by atoms with van der Waals surface area (Å²) in [4.78, 5) is 11.9. The molecule has 1 aromatic carbocycles. The van der Waals surface area contributed by atoms with Crippen LogP contribution in [0, 0.1) is 5.92 Å². The van der Waals surface area contributed by atoms with Crippen molar-refractivity contribution >= 4 is 44.8 Å². The molecule has 0 aliphatic heterocycles. The Labute approximate surface area is 154 Å². The zero-order valence-corrected chi connectivity index (χ0v) is 16.7. The number of sulfonamides is 1. The monoisotopic (exact) mass is 394 g/mol. The molecule has 136 valence electrons. The van der Waals surface area contributed by atoms with Crippen molar-refractivity contribution in [2.75, 3.05) is 17.1 Å². The molecule has 1 amide bonds. The maximum absolute atomic E-state index is 12.0. The number of hydrogen-bond acceptors (Lipinski definition) is 3. The van der Waals surface area contributed by atoms with E-state index in [1.54, 1.807) is 12.1 Å². The van der Waals surface area contributed by atoms with Gasteiger partial charge in [0.1, 0.15) is 0 Å². The second-order valence-corrected chi connectivity index (χ2v) is 8.86. The summed E-state index contributed by atoms with van der Waals surface area (Å²) in [5.74, 6) is 0.261. The van der Waals surface area contributed by atoms with Crippen LogP contribution in [0.4, 0.5) is 5.69 Å². The molecule has 0 bridgehead atoms. The van der Waals surface area contributed by atoms with Crippen LogP contribution in [0.25, 0.3) is 0 Å². The molecule has 0 fully saturated rings. The highest BCUT2D eigenvalue weighted by Crippen LogP contribution is 2.28. The summed E-state index contributed by atoms with van der Waals surface area (Å²) < 4.78 is 25.3. The van der Waals surface area contributed by atoms with Gasteiger partial charge in [-0.05, 0) is 37.5 Å². The molecule has 8 heteroatoms. The average molecular weight is 395 g/mol. The average Bonchev–Trinajstić information content (AvgIpc) is 2.45. The quantitative estimate of drug-likeness (QED) is 0.730.